The van der Waals surface area contributed by atoms with Gasteiger partial charge in [-0.2, -0.15) is 0 Å². The highest BCUT2D eigenvalue weighted by atomic mass is 35.5. The predicted molar refractivity (Wildman–Crippen MR) is 101 cm³/mol. The van der Waals surface area contributed by atoms with Gasteiger partial charge in [0.25, 0.3) is 0 Å². The van der Waals surface area contributed by atoms with E-state index in [2.05, 4.69) is 20.8 Å². The fourth-order valence-corrected chi connectivity index (χ4v) is 3.26. The average molecular weight is 409 g/mol. The minimum Gasteiger partial charge on any atom is -1.00 e. The second kappa shape index (κ2) is 10.5. The number of aliphatic hydroxyl groups is 1. The van der Waals surface area contributed by atoms with Gasteiger partial charge in [0.15, 0.2) is 0 Å². The lowest BCUT2D eigenvalue weighted by molar-refractivity contribution is -0.00000801. The standard InChI is InChI=1S/C18H23N5O2S.ClH/c1-13(24)14-4-6-15(7-5-14)17-9-8-16(25-17)12-19-10-3-11-26-18-20-21-22-23(18)2;/h4-9,13,19,24H,3,10-12H2,1-2H3;1H/p-1. The average Bonchev–Trinajstić information content (AvgIpc) is 3.27. The normalized spacial score (nSPS) is 12.0. The molecule has 1 unspecified atom stereocenters. The number of nitrogens with one attached hydrogen (secondary N) is 1. The minimum absolute atomic E-state index is 0. The van der Waals surface area contributed by atoms with E-state index in [0.717, 1.165) is 46.5 Å². The van der Waals surface area contributed by atoms with E-state index in [1.165, 1.54) is 0 Å². The smallest absolute Gasteiger partial charge is 0.209 e. The lowest BCUT2D eigenvalue weighted by atomic mass is 10.1. The molecule has 2 heterocycles. The first kappa shape index (κ1) is 21.4. The fraction of sp³-hybridized carbons (Fsp3) is 0.389. The van der Waals surface area contributed by atoms with Gasteiger partial charge >= 0.3 is 0 Å². The molecule has 0 spiro atoms. The number of aromatic nitrogens is 4. The molecular weight excluding hydrogens is 386 g/mol. The Bertz CT molecular complexity index is 819. The monoisotopic (exact) mass is 408 g/mol. The number of nitrogens with zero attached hydrogens (tertiary/aromatic N) is 4. The number of aryl methyl sites for hydroxylation is 1. The van der Waals surface area contributed by atoms with Gasteiger partial charge in [0.2, 0.25) is 5.16 Å². The number of hydrogen-bond acceptors (Lipinski definition) is 7. The summed E-state index contributed by atoms with van der Waals surface area (Å²) in [6.45, 7) is 3.35. The van der Waals surface area contributed by atoms with Crippen molar-refractivity contribution in [2.75, 3.05) is 12.3 Å². The summed E-state index contributed by atoms with van der Waals surface area (Å²) in [5.41, 5.74) is 1.91. The van der Waals surface area contributed by atoms with Crippen molar-refractivity contribution in [2.45, 2.75) is 31.1 Å². The zero-order valence-electron chi connectivity index (χ0n) is 15.3. The topological polar surface area (TPSA) is 89.0 Å². The van der Waals surface area contributed by atoms with Crippen LogP contribution in [0.1, 0.15) is 30.8 Å². The number of benzene rings is 1. The van der Waals surface area contributed by atoms with E-state index in [-0.39, 0.29) is 12.4 Å². The molecule has 3 rings (SSSR count). The van der Waals surface area contributed by atoms with Crippen molar-refractivity contribution in [3.05, 3.63) is 47.7 Å². The molecule has 0 aliphatic heterocycles. The SMILES string of the molecule is CC(O)c1ccc(-c2ccc(CNCCCSc3nnnn3C)o2)cc1.[Cl-]. The highest BCUT2D eigenvalue weighted by Crippen LogP contribution is 2.24. The summed E-state index contributed by atoms with van der Waals surface area (Å²) in [6, 6.07) is 11.7. The number of tetrazole rings is 1. The molecule has 2 aromatic heterocycles. The molecule has 0 fully saturated rings. The summed E-state index contributed by atoms with van der Waals surface area (Å²) in [4.78, 5) is 0. The van der Waals surface area contributed by atoms with Crippen molar-refractivity contribution in [1.29, 1.82) is 0 Å². The number of furan rings is 1. The van der Waals surface area contributed by atoms with Crippen LogP contribution in [0.2, 0.25) is 0 Å². The first-order chi connectivity index (χ1) is 12.6. The summed E-state index contributed by atoms with van der Waals surface area (Å²) < 4.78 is 7.57. The second-order valence-electron chi connectivity index (χ2n) is 6.03. The third-order valence-electron chi connectivity index (χ3n) is 3.95. The Morgan fingerprint density at radius 1 is 1.22 bits per heavy atom. The van der Waals surface area contributed by atoms with Crippen LogP contribution in [-0.2, 0) is 13.6 Å². The van der Waals surface area contributed by atoms with Crippen LogP contribution in [0.3, 0.4) is 0 Å². The molecule has 0 amide bonds. The fourth-order valence-electron chi connectivity index (χ4n) is 2.47. The third-order valence-corrected chi connectivity index (χ3v) is 5.05. The predicted octanol–water partition coefficient (Wildman–Crippen LogP) is -0.201. The molecule has 1 aromatic carbocycles. The van der Waals surface area contributed by atoms with Gasteiger partial charge in [0.1, 0.15) is 11.5 Å². The van der Waals surface area contributed by atoms with Gasteiger partial charge in [-0.05, 0) is 48.0 Å². The Hall–Kier alpha value is -1.87. The van der Waals surface area contributed by atoms with E-state index < -0.39 is 6.10 Å². The zero-order valence-corrected chi connectivity index (χ0v) is 16.9. The van der Waals surface area contributed by atoms with E-state index in [0.29, 0.717) is 6.54 Å². The highest BCUT2D eigenvalue weighted by molar-refractivity contribution is 7.99. The Morgan fingerprint density at radius 2 is 2.00 bits per heavy atom. The molecule has 9 heteroatoms. The molecule has 0 radical (unpaired) electrons. The molecule has 1 atom stereocenters. The van der Waals surface area contributed by atoms with Crippen molar-refractivity contribution in [3.8, 4) is 11.3 Å². The lowest BCUT2D eigenvalue weighted by Gasteiger charge is -2.05. The molecule has 0 saturated heterocycles. The number of rotatable bonds is 9. The lowest BCUT2D eigenvalue weighted by Crippen LogP contribution is -3.00. The maximum atomic E-state index is 9.57. The third kappa shape index (κ3) is 6.07. The molecule has 0 aliphatic rings. The van der Waals surface area contributed by atoms with Crippen LogP contribution < -0.4 is 17.7 Å². The van der Waals surface area contributed by atoms with Gasteiger partial charge in [-0.1, -0.05) is 36.0 Å². The quantitative estimate of drug-likeness (QED) is 0.374. The van der Waals surface area contributed by atoms with Crippen molar-refractivity contribution >= 4 is 11.8 Å². The maximum Gasteiger partial charge on any atom is 0.209 e. The van der Waals surface area contributed by atoms with Crippen LogP contribution in [0.4, 0.5) is 0 Å². The van der Waals surface area contributed by atoms with Crippen molar-refractivity contribution < 1.29 is 21.9 Å². The summed E-state index contributed by atoms with van der Waals surface area (Å²) in [5, 5.41) is 25.2. The summed E-state index contributed by atoms with van der Waals surface area (Å²) in [5.74, 6) is 2.70. The molecule has 27 heavy (non-hydrogen) atoms. The Kier molecular flexibility index (Phi) is 8.30. The van der Waals surface area contributed by atoms with E-state index in [4.69, 9.17) is 4.42 Å². The highest BCUT2D eigenvalue weighted by Gasteiger charge is 2.07. The second-order valence-corrected chi connectivity index (χ2v) is 7.09. The number of hydrogen-bond donors (Lipinski definition) is 2. The number of halogens is 1. The Labute approximate surface area is 168 Å². The molecule has 2 N–H and O–H groups in total. The largest absolute Gasteiger partial charge is 1.00 e. The summed E-state index contributed by atoms with van der Waals surface area (Å²) in [6.07, 6.45) is 0.565. The van der Waals surface area contributed by atoms with Crippen LogP contribution >= 0.6 is 11.8 Å². The van der Waals surface area contributed by atoms with Gasteiger partial charge < -0.3 is 27.2 Å². The van der Waals surface area contributed by atoms with E-state index >= 15 is 0 Å². The van der Waals surface area contributed by atoms with Gasteiger partial charge in [-0.25, -0.2) is 4.68 Å². The molecule has 0 saturated carbocycles. The molecular formula is C18H23ClN5O2S-. The number of thioether (sulfide) groups is 1. The van der Waals surface area contributed by atoms with Gasteiger partial charge in [0.05, 0.1) is 12.6 Å². The molecule has 146 valence electrons. The first-order valence-electron chi connectivity index (χ1n) is 8.56. The minimum atomic E-state index is -0.455. The molecule has 0 aliphatic carbocycles. The van der Waals surface area contributed by atoms with Gasteiger partial charge in [0, 0.05) is 18.4 Å². The van der Waals surface area contributed by atoms with Crippen LogP contribution in [0, 0.1) is 0 Å². The van der Waals surface area contributed by atoms with E-state index in [1.54, 1.807) is 23.4 Å². The molecule has 3 aromatic rings. The van der Waals surface area contributed by atoms with Crippen LogP contribution in [0.15, 0.2) is 46.0 Å². The van der Waals surface area contributed by atoms with Crippen molar-refractivity contribution in [3.63, 3.8) is 0 Å². The summed E-state index contributed by atoms with van der Waals surface area (Å²) in [7, 11) is 1.84. The Balaban J connectivity index is 0.00000261. The van der Waals surface area contributed by atoms with Crippen LogP contribution in [0.5, 0.6) is 0 Å². The number of aliphatic hydroxyl groups excluding tert-OH is 1. The van der Waals surface area contributed by atoms with Gasteiger partial charge in [-0.3, -0.25) is 0 Å². The summed E-state index contributed by atoms with van der Waals surface area (Å²) >= 11 is 1.65. The van der Waals surface area contributed by atoms with Gasteiger partial charge in [-0.15, -0.1) is 5.10 Å². The van der Waals surface area contributed by atoms with Crippen molar-refractivity contribution in [2.24, 2.45) is 7.05 Å². The van der Waals surface area contributed by atoms with E-state index in [9.17, 15) is 5.11 Å². The van der Waals surface area contributed by atoms with Crippen LogP contribution in [0.25, 0.3) is 11.3 Å². The zero-order chi connectivity index (χ0) is 18.4. The molecule has 0 bridgehead atoms. The van der Waals surface area contributed by atoms with Crippen molar-refractivity contribution in [1.82, 2.24) is 25.5 Å². The first-order valence-corrected chi connectivity index (χ1v) is 9.55. The Morgan fingerprint density at radius 3 is 2.67 bits per heavy atom. The van der Waals surface area contributed by atoms with Crippen LogP contribution in [-0.4, -0.2) is 37.6 Å². The molecule has 7 nitrogen and oxygen atoms in total. The maximum absolute atomic E-state index is 9.57. The van der Waals surface area contributed by atoms with E-state index in [1.807, 2.05) is 43.4 Å².